The number of likely N-dealkylation sites (N-methyl/N-ethyl adjacent to an activating group) is 1. The Labute approximate surface area is 229 Å². The molecule has 0 radical (unpaired) electrons. The number of nitrogens with one attached hydrogen (secondary N) is 2. The third-order valence-electron chi connectivity index (χ3n) is 8.02. The minimum atomic E-state index is -0.360. The van der Waals surface area contributed by atoms with Crippen LogP contribution in [0.3, 0.4) is 0 Å². The quantitative estimate of drug-likeness (QED) is 0.559. The van der Waals surface area contributed by atoms with Crippen molar-refractivity contribution in [3.63, 3.8) is 0 Å². The van der Waals surface area contributed by atoms with E-state index in [-0.39, 0.29) is 54.9 Å². The molecule has 0 spiro atoms. The lowest BCUT2D eigenvalue weighted by molar-refractivity contribution is -0.130. The molecule has 5 rings (SSSR count). The van der Waals surface area contributed by atoms with E-state index >= 15 is 0 Å². The van der Waals surface area contributed by atoms with Crippen LogP contribution in [0.2, 0.25) is 0 Å². The highest BCUT2D eigenvalue weighted by Gasteiger charge is 2.39. The predicted molar refractivity (Wildman–Crippen MR) is 147 cm³/mol. The summed E-state index contributed by atoms with van der Waals surface area (Å²) in [6, 6.07) is 12.3. The van der Waals surface area contributed by atoms with Crippen LogP contribution in [0.25, 0.3) is 0 Å². The Morgan fingerprint density at radius 3 is 2.59 bits per heavy atom. The summed E-state index contributed by atoms with van der Waals surface area (Å²) < 4.78 is 17.6. The first-order chi connectivity index (χ1) is 18.9. The van der Waals surface area contributed by atoms with Gasteiger partial charge in [-0.05, 0) is 56.0 Å². The Kier molecular flexibility index (Phi) is 8.35. The SMILES string of the molecule is COc1cccc(NC(=O)C[C@@H]2CC[C@@H]3[C@H](COc4ccc(NC(=O)C5CCCCC5)cc4C(=O)N3C)O2)c1. The monoisotopic (exact) mass is 535 g/mol. The fourth-order valence-electron chi connectivity index (χ4n) is 5.83. The number of carbonyl (C=O) groups is 3. The predicted octanol–water partition coefficient (Wildman–Crippen LogP) is 4.62. The largest absolute Gasteiger partial charge is 0.497 e. The molecule has 3 amide bonds. The molecule has 0 bridgehead atoms. The molecule has 1 saturated carbocycles. The number of nitrogens with zero attached hydrogens (tertiary/aromatic N) is 1. The Bertz CT molecular complexity index is 1210. The van der Waals surface area contributed by atoms with Gasteiger partial charge in [-0.1, -0.05) is 25.3 Å². The minimum absolute atomic E-state index is 0.0180. The topological polar surface area (TPSA) is 106 Å². The van der Waals surface area contributed by atoms with Gasteiger partial charge in [-0.3, -0.25) is 14.4 Å². The molecule has 2 aromatic carbocycles. The van der Waals surface area contributed by atoms with Crippen LogP contribution in [0.4, 0.5) is 11.4 Å². The van der Waals surface area contributed by atoms with E-state index in [1.165, 1.54) is 6.42 Å². The number of rotatable bonds is 6. The number of anilines is 2. The number of methoxy groups -OCH3 is 1. The highest BCUT2D eigenvalue weighted by atomic mass is 16.5. The third kappa shape index (κ3) is 6.36. The zero-order valence-electron chi connectivity index (χ0n) is 22.6. The summed E-state index contributed by atoms with van der Waals surface area (Å²) in [5.74, 6) is 0.859. The number of benzene rings is 2. The second-order valence-corrected chi connectivity index (χ2v) is 10.7. The van der Waals surface area contributed by atoms with Crippen LogP contribution in [0.15, 0.2) is 42.5 Å². The number of ether oxygens (including phenoxy) is 3. The van der Waals surface area contributed by atoms with E-state index in [9.17, 15) is 14.4 Å². The molecule has 2 N–H and O–H groups in total. The van der Waals surface area contributed by atoms with Gasteiger partial charge in [0.2, 0.25) is 11.8 Å². The van der Waals surface area contributed by atoms with E-state index in [1.54, 1.807) is 43.3 Å². The summed E-state index contributed by atoms with van der Waals surface area (Å²) in [4.78, 5) is 40.7. The maximum absolute atomic E-state index is 13.5. The summed E-state index contributed by atoms with van der Waals surface area (Å²) in [6.45, 7) is 0.261. The van der Waals surface area contributed by atoms with Crippen LogP contribution in [0, 0.1) is 5.92 Å². The van der Waals surface area contributed by atoms with Crippen molar-refractivity contribution in [3.8, 4) is 11.5 Å². The smallest absolute Gasteiger partial charge is 0.257 e. The fraction of sp³-hybridized carbons (Fsp3) is 0.500. The Morgan fingerprint density at radius 2 is 1.79 bits per heavy atom. The third-order valence-corrected chi connectivity index (χ3v) is 8.02. The highest BCUT2D eigenvalue weighted by Crippen LogP contribution is 2.33. The molecule has 9 heteroatoms. The molecule has 2 aromatic rings. The van der Waals surface area contributed by atoms with Crippen LogP contribution >= 0.6 is 0 Å². The molecule has 1 aliphatic carbocycles. The number of hydrogen-bond donors (Lipinski definition) is 2. The van der Waals surface area contributed by atoms with E-state index in [0.717, 1.165) is 25.7 Å². The molecule has 3 aliphatic rings. The van der Waals surface area contributed by atoms with E-state index in [1.807, 2.05) is 18.2 Å². The van der Waals surface area contributed by atoms with Crippen LogP contribution in [-0.2, 0) is 14.3 Å². The Morgan fingerprint density at radius 1 is 1.00 bits per heavy atom. The molecule has 2 aliphatic heterocycles. The lowest BCUT2D eigenvalue weighted by atomic mass is 9.88. The normalized spacial score (nSPS) is 23.4. The van der Waals surface area contributed by atoms with Crippen molar-refractivity contribution >= 4 is 29.1 Å². The molecule has 39 heavy (non-hydrogen) atoms. The second-order valence-electron chi connectivity index (χ2n) is 10.7. The summed E-state index contributed by atoms with van der Waals surface area (Å²) >= 11 is 0. The molecule has 2 fully saturated rings. The molecular weight excluding hydrogens is 498 g/mol. The first-order valence-electron chi connectivity index (χ1n) is 13.9. The molecule has 0 unspecified atom stereocenters. The summed E-state index contributed by atoms with van der Waals surface area (Å²) in [5, 5.41) is 5.90. The van der Waals surface area contributed by atoms with Crippen LogP contribution < -0.4 is 20.1 Å². The van der Waals surface area contributed by atoms with Gasteiger partial charge in [0.1, 0.15) is 24.2 Å². The van der Waals surface area contributed by atoms with E-state index < -0.39 is 0 Å². The van der Waals surface area contributed by atoms with Crippen molar-refractivity contribution in [2.24, 2.45) is 5.92 Å². The van der Waals surface area contributed by atoms with E-state index in [4.69, 9.17) is 14.2 Å². The molecule has 9 nitrogen and oxygen atoms in total. The Hall–Kier alpha value is -3.59. The second kappa shape index (κ2) is 12.1. The van der Waals surface area contributed by atoms with Gasteiger partial charge < -0.3 is 29.7 Å². The van der Waals surface area contributed by atoms with Gasteiger partial charge >= 0.3 is 0 Å². The first kappa shape index (κ1) is 27.0. The van der Waals surface area contributed by atoms with E-state index in [0.29, 0.717) is 41.3 Å². The van der Waals surface area contributed by atoms with Gasteiger partial charge in [-0.2, -0.15) is 0 Å². The van der Waals surface area contributed by atoms with Crippen LogP contribution in [0.1, 0.15) is 61.7 Å². The lowest BCUT2D eigenvalue weighted by Crippen LogP contribution is -2.53. The lowest BCUT2D eigenvalue weighted by Gasteiger charge is -2.42. The van der Waals surface area contributed by atoms with Crippen molar-refractivity contribution in [1.82, 2.24) is 4.90 Å². The summed E-state index contributed by atoms with van der Waals surface area (Å²) in [5.41, 5.74) is 1.70. The van der Waals surface area contributed by atoms with Crippen molar-refractivity contribution in [3.05, 3.63) is 48.0 Å². The number of fused-ring (bicyclic) bond motifs is 2. The van der Waals surface area contributed by atoms with Gasteiger partial charge in [-0.15, -0.1) is 0 Å². The van der Waals surface area contributed by atoms with Crippen molar-refractivity contribution in [2.45, 2.75) is 69.6 Å². The van der Waals surface area contributed by atoms with Crippen LogP contribution in [0.5, 0.6) is 11.5 Å². The van der Waals surface area contributed by atoms with Gasteiger partial charge in [0.05, 0.1) is 31.2 Å². The number of amides is 3. The Balaban J connectivity index is 1.22. The maximum Gasteiger partial charge on any atom is 0.257 e. The van der Waals surface area contributed by atoms with Crippen molar-refractivity contribution < 1.29 is 28.6 Å². The molecule has 1 saturated heterocycles. The van der Waals surface area contributed by atoms with E-state index in [2.05, 4.69) is 10.6 Å². The van der Waals surface area contributed by atoms with Gasteiger partial charge in [0, 0.05) is 30.4 Å². The van der Waals surface area contributed by atoms with Crippen LogP contribution in [-0.4, -0.2) is 61.6 Å². The average Bonchev–Trinajstić information content (AvgIpc) is 2.95. The van der Waals surface area contributed by atoms with Gasteiger partial charge in [-0.25, -0.2) is 0 Å². The van der Waals surface area contributed by atoms with Crippen molar-refractivity contribution in [2.75, 3.05) is 31.4 Å². The first-order valence-corrected chi connectivity index (χ1v) is 13.9. The molecule has 2 heterocycles. The number of carbonyl (C=O) groups excluding carboxylic acids is 3. The standard InChI is InChI=1S/C30H37N3O6/c1-33-25-13-12-23(17-28(34)31-20-9-6-10-22(15-20)37-2)39-27(25)18-38-26-14-11-21(16-24(26)30(33)36)32-29(35)19-7-4-3-5-8-19/h6,9-11,14-16,19,23,25,27H,3-5,7-8,12-13,17-18H2,1-2H3,(H,31,34)(H,32,35)/t23-,25+,27-/m0/s1. The maximum atomic E-state index is 13.5. The zero-order chi connectivity index (χ0) is 27.4. The average molecular weight is 536 g/mol. The minimum Gasteiger partial charge on any atom is -0.497 e. The highest BCUT2D eigenvalue weighted by molar-refractivity contribution is 6.00. The zero-order valence-corrected chi connectivity index (χ0v) is 22.6. The van der Waals surface area contributed by atoms with Gasteiger partial charge in [0.25, 0.3) is 5.91 Å². The molecular formula is C30H37N3O6. The molecule has 0 aromatic heterocycles. The summed E-state index contributed by atoms with van der Waals surface area (Å²) in [6.07, 6.45) is 6.08. The van der Waals surface area contributed by atoms with Crippen molar-refractivity contribution in [1.29, 1.82) is 0 Å². The van der Waals surface area contributed by atoms with Gasteiger partial charge in [0.15, 0.2) is 0 Å². The fourth-order valence-corrected chi connectivity index (χ4v) is 5.83. The summed E-state index contributed by atoms with van der Waals surface area (Å²) in [7, 11) is 3.36. The molecule has 3 atom stereocenters. The number of hydrogen-bond acceptors (Lipinski definition) is 6. The molecule has 208 valence electrons.